The molecule has 5 nitrogen and oxygen atoms in total. The van der Waals surface area contributed by atoms with E-state index in [1.807, 2.05) is 18.5 Å². The number of ether oxygens (including phenoxy) is 2. The Hall–Kier alpha value is -1.01. The molecule has 0 amide bonds. The maximum absolute atomic E-state index is 6.42. The number of pyridine rings is 1. The molecule has 0 saturated carbocycles. The minimum atomic E-state index is -0.126. The molecule has 1 spiro atoms. The molecular formula is C17H27N3O2. The van der Waals surface area contributed by atoms with Crippen LogP contribution in [0.1, 0.15) is 18.4 Å². The van der Waals surface area contributed by atoms with E-state index >= 15 is 0 Å². The van der Waals surface area contributed by atoms with E-state index < -0.39 is 0 Å². The predicted molar refractivity (Wildman–Crippen MR) is 85.7 cm³/mol. The Morgan fingerprint density at radius 2 is 2.36 bits per heavy atom. The van der Waals surface area contributed by atoms with Gasteiger partial charge in [-0.2, -0.15) is 0 Å². The molecule has 3 heterocycles. The Morgan fingerprint density at radius 3 is 3.14 bits per heavy atom. The second-order valence-corrected chi connectivity index (χ2v) is 6.85. The van der Waals surface area contributed by atoms with Gasteiger partial charge in [-0.05, 0) is 38.6 Å². The van der Waals surface area contributed by atoms with Crippen molar-refractivity contribution in [3.8, 4) is 0 Å². The monoisotopic (exact) mass is 305 g/mol. The van der Waals surface area contributed by atoms with Crippen LogP contribution < -0.4 is 0 Å². The molecule has 22 heavy (non-hydrogen) atoms. The Kier molecular flexibility index (Phi) is 5.08. The number of hydrogen-bond acceptors (Lipinski definition) is 5. The van der Waals surface area contributed by atoms with Gasteiger partial charge in [-0.25, -0.2) is 0 Å². The molecule has 122 valence electrons. The average molecular weight is 305 g/mol. The summed E-state index contributed by atoms with van der Waals surface area (Å²) in [6.45, 7) is 5.32. The van der Waals surface area contributed by atoms with Crippen molar-refractivity contribution in [1.29, 1.82) is 0 Å². The minimum absolute atomic E-state index is 0.126. The molecule has 1 aromatic rings. The summed E-state index contributed by atoms with van der Waals surface area (Å²) in [5, 5.41) is 0. The highest BCUT2D eigenvalue weighted by atomic mass is 16.6. The first kappa shape index (κ1) is 15.9. The lowest BCUT2D eigenvalue weighted by Crippen LogP contribution is -2.45. The van der Waals surface area contributed by atoms with Crippen LogP contribution in [-0.4, -0.2) is 73.4 Å². The number of hydrogen-bond donors (Lipinski definition) is 0. The van der Waals surface area contributed by atoms with Crippen molar-refractivity contribution < 1.29 is 9.47 Å². The predicted octanol–water partition coefficient (Wildman–Crippen LogP) is 1.39. The summed E-state index contributed by atoms with van der Waals surface area (Å²) in [5.74, 6) is 0. The van der Waals surface area contributed by atoms with Crippen LogP contribution in [0.15, 0.2) is 24.5 Å². The lowest BCUT2D eigenvalue weighted by atomic mass is 10.00. The van der Waals surface area contributed by atoms with Crippen molar-refractivity contribution in [3.05, 3.63) is 30.1 Å². The maximum atomic E-state index is 6.42. The summed E-state index contributed by atoms with van der Waals surface area (Å²) in [7, 11) is 4.21. The van der Waals surface area contributed by atoms with Gasteiger partial charge in [0.1, 0.15) is 5.60 Å². The topological polar surface area (TPSA) is 37.8 Å². The molecule has 2 atom stereocenters. The summed E-state index contributed by atoms with van der Waals surface area (Å²) in [6.07, 6.45) is 6.32. The normalized spacial score (nSPS) is 30.0. The fourth-order valence-corrected chi connectivity index (χ4v) is 3.52. The number of likely N-dealkylation sites (N-methyl/N-ethyl adjacent to an activating group) is 1. The zero-order valence-electron chi connectivity index (χ0n) is 13.7. The van der Waals surface area contributed by atoms with Crippen LogP contribution in [-0.2, 0) is 16.0 Å². The second-order valence-electron chi connectivity index (χ2n) is 6.85. The van der Waals surface area contributed by atoms with E-state index in [1.165, 1.54) is 5.56 Å². The molecule has 2 fully saturated rings. The summed E-state index contributed by atoms with van der Waals surface area (Å²) in [5.41, 5.74) is 1.13. The third-order valence-corrected chi connectivity index (χ3v) is 4.47. The molecule has 2 aliphatic heterocycles. The third kappa shape index (κ3) is 4.04. The zero-order chi connectivity index (χ0) is 15.4. The molecule has 0 aromatic carbocycles. The highest BCUT2D eigenvalue weighted by Crippen LogP contribution is 2.33. The average Bonchev–Trinajstić information content (AvgIpc) is 2.75. The van der Waals surface area contributed by atoms with Gasteiger partial charge in [0.25, 0.3) is 0 Å². The molecule has 5 heteroatoms. The fourth-order valence-electron chi connectivity index (χ4n) is 3.52. The van der Waals surface area contributed by atoms with E-state index in [4.69, 9.17) is 9.47 Å². The van der Waals surface area contributed by atoms with Crippen molar-refractivity contribution in [1.82, 2.24) is 14.8 Å². The zero-order valence-corrected chi connectivity index (χ0v) is 13.7. The van der Waals surface area contributed by atoms with E-state index in [0.717, 1.165) is 52.2 Å². The maximum Gasteiger partial charge on any atom is 0.105 e. The van der Waals surface area contributed by atoms with Crippen LogP contribution in [0.3, 0.4) is 0 Å². The largest absolute Gasteiger partial charge is 0.377 e. The molecule has 0 bridgehead atoms. The molecule has 0 aliphatic carbocycles. The molecule has 1 aromatic heterocycles. The van der Waals surface area contributed by atoms with E-state index in [0.29, 0.717) is 6.10 Å². The molecule has 2 unspecified atom stereocenters. The first-order chi connectivity index (χ1) is 10.7. The van der Waals surface area contributed by atoms with Gasteiger partial charge in [0.2, 0.25) is 0 Å². The quantitative estimate of drug-likeness (QED) is 0.840. The smallest absolute Gasteiger partial charge is 0.105 e. The minimum Gasteiger partial charge on any atom is -0.377 e. The summed E-state index contributed by atoms with van der Waals surface area (Å²) < 4.78 is 12.3. The van der Waals surface area contributed by atoms with Gasteiger partial charge in [0, 0.05) is 38.6 Å². The summed E-state index contributed by atoms with van der Waals surface area (Å²) in [4.78, 5) is 8.86. The molecule has 3 rings (SSSR count). The summed E-state index contributed by atoms with van der Waals surface area (Å²) >= 11 is 0. The Balaban J connectivity index is 1.63. The number of rotatable bonds is 4. The number of nitrogens with zero attached hydrogens (tertiary/aromatic N) is 3. The standard InChI is InChI=1S/C17H27N3O2/c1-19(2)12-16-5-6-17(22-16)13-20(8-9-21-14-17)11-15-4-3-7-18-10-15/h3-4,7,10,16H,5-6,8-9,11-14H2,1-2H3. The van der Waals surface area contributed by atoms with Gasteiger partial charge >= 0.3 is 0 Å². The van der Waals surface area contributed by atoms with E-state index in [-0.39, 0.29) is 5.60 Å². The van der Waals surface area contributed by atoms with Gasteiger partial charge in [-0.15, -0.1) is 0 Å². The first-order valence-electron chi connectivity index (χ1n) is 8.17. The van der Waals surface area contributed by atoms with Crippen molar-refractivity contribution >= 4 is 0 Å². The van der Waals surface area contributed by atoms with Crippen LogP contribution in [0.2, 0.25) is 0 Å². The SMILES string of the molecule is CN(C)CC1CCC2(COCCN(Cc3cccnc3)C2)O1. The van der Waals surface area contributed by atoms with Crippen molar-refractivity contribution in [2.24, 2.45) is 0 Å². The summed E-state index contributed by atoms with van der Waals surface area (Å²) in [6, 6.07) is 4.13. The van der Waals surface area contributed by atoms with Crippen LogP contribution in [0, 0.1) is 0 Å². The Morgan fingerprint density at radius 1 is 1.45 bits per heavy atom. The lowest BCUT2D eigenvalue weighted by Gasteiger charge is -2.32. The van der Waals surface area contributed by atoms with Gasteiger partial charge < -0.3 is 14.4 Å². The van der Waals surface area contributed by atoms with Crippen molar-refractivity contribution in [3.63, 3.8) is 0 Å². The van der Waals surface area contributed by atoms with Crippen LogP contribution in [0.4, 0.5) is 0 Å². The molecular weight excluding hydrogens is 278 g/mol. The number of aromatic nitrogens is 1. The third-order valence-electron chi connectivity index (χ3n) is 4.47. The van der Waals surface area contributed by atoms with Crippen molar-refractivity contribution in [2.45, 2.75) is 31.1 Å². The van der Waals surface area contributed by atoms with E-state index in [1.54, 1.807) is 0 Å². The first-order valence-corrected chi connectivity index (χ1v) is 8.17. The van der Waals surface area contributed by atoms with Crippen LogP contribution >= 0.6 is 0 Å². The van der Waals surface area contributed by atoms with Crippen molar-refractivity contribution in [2.75, 3.05) is 46.9 Å². The van der Waals surface area contributed by atoms with E-state index in [2.05, 4.69) is 34.9 Å². The Labute approximate surface area is 133 Å². The van der Waals surface area contributed by atoms with Gasteiger partial charge in [0.05, 0.1) is 19.3 Å². The molecule has 2 aliphatic rings. The highest BCUT2D eigenvalue weighted by Gasteiger charge is 2.43. The van der Waals surface area contributed by atoms with Crippen LogP contribution in [0.25, 0.3) is 0 Å². The molecule has 2 saturated heterocycles. The van der Waals surface area contributed by atoms with Gasteiger partial charge in [-0.3, -0.25) is 9.88 Å². The van der Waals surface area contributed by atoms with Crippen LogP contribution in [0.5, 0.6) is 0 Å². The van der Waals surface area contributed by atoms with Gasteiger partial charge in [-0.1, -0.05) is 6.07 Å². The Bertz CT molecular complexity index is 468. The van der Waals surface area contributed by atoms with Gasteiger partial charge in [0.15, 0.2) is 0 Å². The second kappa shape index (κ2) is 7.04. The highest BCUT2D eigenvalue weighted by molar-refractivity contribution is 5.08. The van der Waals surface area contributed by atoms with E-state index in [9.17, 15) is 0 Å². The fraction of sp³-hybridized carbons (Fsp3) is 0.706. The lowest BCUT2D eigenvalue weighted by molar-refractivity contribution is -0.0902. The molecule has 0 N–H and O–H groups in total. The molecule has 0 radical (unpaired) electrons.